The van der Waals surface area contributed by atoms with Crippen molar-refractivity contribution in [3.05, 3.63) is 107 Å². The molecule has 1 aliphatic heterocycles. The summed E-state index contributed by atoms with van der Waals surface area (Å²) in [4.78, 5) is 3.85. The zero-order valence-electron chi connectivity index (χ0n) is 16.7. The van der Waals surface area contributed by atoms with Crippen LogP contribution in [0.15, 0.2) is 90.0 Å². The number of hydrogen-bond donors (Lipinski definition) is 1. The molecule has 0 aliphatic carbocycles. The van der Waals surface area contributed by atoms with Crippen LogP contribution < -0.4 is 0 Å². The standard InChI is InChI=1S/C25H22N2O2S/c1-18-11-13-20(14-12-18)30(28,29)27-16-15-22-21-9-5-6-10-24(21)26-25(22)23(17-27)19-7-3-2-4-8-19/h2-14,17,26H,15-16H2,1H3. The molecule has 0 spiro atoms. The zero-order chi connectivity index (χ0) is 20.7. The molecule has 0 saturated carbocycles. The highest BCUT2D eigenvalue weighted by Crippen LogP contribution is 2.35. The molecule has 5 rings (SSSR count). The third-order valence-corrected chi connectivity index (χ3v) is 7.42. The first-order valence-electron chi connectivity index (χ1n) is 10.00. The summed E-state index contributed by atoms with van der Waals surface area (Å²) in [6.07, 6.45) is 2.42. The molecule has 0 fully saturated rings. The number of rotatable bonds is 3. The topological polar surface area (TPSA) is 53.2 Å². The van der Waals surface area contributed by atoms with Gasteiger partial charge in [-0.15, -0.1) is 0 Å². The molecule has 0 bridgehead atoms. The monoisotopic (exact) mass is 414 g/mol. The van der Waals surface area contributed by atoms with Crippen LogP contribution in [0.25, 0.3) is 16.5 Å². The molecule has 3 aromatic carbocycles. The largest absolute Gasteiger partial charge is 0.354 e. The number of nitrogens with zero attached hydrogens (tertiary/aromatic N) is 1. The second kappa shape index (κ2) is 7.18. The number of aryl methyl sites for hydroxylation is 1. The first-order valence-corrected chi connectivity index (χ1v) is 11.4. The summed E-state index contributed by atoms with van der Waals surface area (Å²) in [7, 11) is -3.65. The van der Waals surface area contributed by atoms with E-state index in [2.05, 4.69) is 17.1 Å². The summed E-state index contributed by atoms with van der Waals surface area (Å²) in [6.45, 7) is 2.34. The van der Waals surface area contributed by atoms with Gasteiger partial charge in [0.15, 0.2) is 0 Å². The minimum Gasteiger partial charge on any atom is -0.354 e. The Morgan fingerprint density at radius 1 is 0.867 bits per heavy atom. The molecule has 0 radical (unpaired) electrons. The Bertz CT molecular complexity index is 1350. The lowest BCUT2D eigenvalue weighted by Crippen LogP contribution is -2.27. The molecular formula is C25H22N2O2S. The van der Waals surface area contributed by atoms with E-state index in [4.69, 9.17) is 0 Å². The lowest BCUT2D eigenvalue weighted by Gasteiger charge is -2.20. The molecule has 1 aromatic heterocycles. The zero-order valence-corrected chi connectivity index (χ0v) is 17.5. The van der Waals surface area contributed by atoms with Gasteiger partial charge in [-0.1, -0.05) is 66.2 Å². The normalized spacial score (nSPS) is 14.3. The Morgan fingerprint density at radius 3 is 2.33 bits per heavy atom. The number of fused-ring (bicyclic) bond motifs is 3. The van der Waals surface area contributed by atoms with Crippen molar-refractivity contribution >= 4 is 26.5 Å². The second-order valence-corrected chi connectivity index (χ2v) is 9.50. The quantitative estimate of drug-likeness (QED) is 0.506. The smallest absolute Gasteiger partial charge is 0.263 e. The molecule has 0 unspecified atom stereocenters. The van der Waals surface area contributed by atoms with Crippen molar-refractivity contribution in [3.63, 3.8) is 0 Å². The van der Waals surface area contributed by atoms with E-state index in [1.807, 2.05) is 61.5 Å². The number of para-hydroxylation sites is 1. The first kappa shape index (κ1) is 18.7. The number of benzene rings is 3. The van der Waals surface area contributed by atoms with Gasteiger partial charge in [0.2, 0.25) is 0 Å². The highest BCUT2D eigenvalue weighted by molar-refractivity contribution is 7.89. The predicted molar refractivity (Wildman–Crippen MR) is 121 cm³/mol. The van der Waals surface area contributed by atoms with Crippen LogP contribution in [0.5, 0.6) is 0 Å². The van der Waals surface area contributed by atoms with Crippen molar-refractivity contribution in [1.82, 2.24) is 9.29 Å². The van der Waals surface area contributed by atoms with Crippen molar-refractivity contribution in [2.24, 2.45) is 0 Å². The van der Waals surface area contributed by atoms with E-state index in [0.29, 0.717) is 17.9 Å². The van der Waals surface area contributed by atoms with Crippen molar-refractivity contribution in [1.29, 1.82) is 0 Å². The van der Waals surface area contributed by atoms with E-state index in [0.717, 1.165) is 38.9 Å². The lowest BCUT2D eigenvalue weighted by atomic mass is 9.99. The molecule has 30 heavy (non-hydrogen) atoms. The van der Waals surface area contributed by atoms with E-state index in [-0.39, 0.29) is 0 Å². The number of H-pyrrole nitrogens is 1. The van der Waals surface area contributed by atoms with E-state index in [1.54, 1.807) is 18.3 Å². The number of nitrogens with one attached hydrogen (secondary N) is 1. The van der Waals surface area contributed by atoms with E-state index >= 15 is 0 Å². The number of aromatic nitrogens is 1. The van der Waals surface area contributed by atoms with Gasteiger partial charge < -0.3 is 4.98 Å². The van der Waals surface area contributed by atoms with Gasteiger partial charge in [-0.2, -0.15) is 0 Å². The third kappa shape index (κ3) is 3.12. The highest BCUT2D eigenvalue weighted by Gasteiger charge is 2.27. The van der Waals surface area contributed by atoms with Crippen molar-refractivity contribution in [3.8, 4) is 0 Å². The Kier molecular flexibility index (Phi) is 4.48. The lowest BCUT2D eigenvalue weighted by molar-refractivity contribution is 0.502. The highest BCUT2D eigenvalue weighted by atomic mass is 32.2. The molecular weight excluding hydrogens is 392 g/mol. The van der Waals surface area contributed by atoms with E-state index in [9.17, 15) is 8.42 Å². The van der Waals surface area contributed by atoms with E-state index < -0.39 is 10.0 Å². The maximum absolute atomic E-state index is 13.4. The molecule has 4 aromatic rings. The Hall–Kier alpha value is -3.31. The minimum atomic E-state index is -3.65. The Labute approximate surface area is 176 Å². The fourth-order valence-electron chi connectivity index (χ4n) is 4.06. The summed E-state index contributed by atoms with van der Waals surface area (Å²) in [5.41, 5.74) is 6.11. The number of sulfonamides is 1. The van der Waals surface area contributed by atoms with Crippen LogP contribution >= 0.6 is 0 Å². The van der Waals surface area contributed by atoms with Crippen LogP contribution in [0.1, 0.15) is 22.4 Å². The van der Waals surface area contributed by atoms with Gasteiger partial charge in [-0.3, -0.25) is 4.31 Å². The van der Waals surface area contributed by atoms with Crippen LogP contribution in [0.2, 0.25) is 0 Å². The fourth-order valence-corrected chi connectivity index (χ4v) is 5.38. The van der Waals surface area contributed by atoms with Crippen LogP contribution in [0.3, 0.4) is 0 Å². The van der Waals surface area contributed by atoms with Gasteiger partial charge in [0.1, 0.15) is 0 Å². The number of hydrogen-bond acceptors (Lipinski definition) is 2. The molecule has 1 aliphatic rings. The Balaban J connectivity index is 1.69. The molecule has 4 nitrogen and oxygen atoms in total. The Morgan fingerprint density at radius 2 is 1.57 bits per heavy atom. The second-order valence-electron chi connectivity index (χ2n) is 7.61. The van der Waals surface area contributed by atoms with Gasteiger partial charge in [0.05, 0.1) is 10.6 Å². The van der Waals surface area contributed by atoms with Gasteiger partial charge in [0, 0.05) is 29.2 Å². The molecule has 0 amide bonds. The molecule has 5 heteroatoms. The average Bonchev–Trinajstić information content (AvgIpc) is 3.01. The van der Waals surface area contributed by atoms with E-state index in [1.165, 1.54) is 4.31 Å². The molecule has 1 N–H and O–H groups in total. The molecule has 0 saturated heterocycles. The summed E-state index contributed by atoms with van der Waals surface area (Å²) in [5, 5.41) is 1.14. The van der Waals surface area contributed by atoms with Crippen molar-refractivity contribution in [2.45, 2.75) is 18.2 Å². The number of aromatic amines is 1. The van der Waals surface area contributed by atoms with Gasteiger partial charge in [0.25, 0.3) is 10.0 Å². The minimum absolute atomic E-state index is 0.312. The van der Waals surface area contributed by atoms with Crippen LogP contribution in [-0.2, 0) is 16.4 Å². The maximum atomic E-state index is 13.4. The summed E-state index contributed by atoms with van der Waals surface area (Å²) < 4.78 is 28.4. The van der Waals surface area contributed by atoms with Gasteiger partial charge >= 0.3 is 0 Å². The molecule has 150 valence electrons. The summed E-state index contributed by atoms with van der Waals surface area (Å²) >= 11 is 0. The van der Waals surface area contributed by atoms with Crippen LogP contribution in [-0.4, -0.2) is 24.3 Å². The van der Waals surface area contributed by atoms with Crippen LogP contribution in [0.4, 0.5) is 0 Å². The fraction of sp³-hybridized carbons (Fsp3) is 0.120. The maximum Gasteiger partial charge on any atom is 0.263 e. The van der Waals surface area contributed by atoms with Crippen LogP contribution in [0, 0.1) is 6.92 Å². The first-order chi connectivity index (χ1) is 14.5. The van der Waals surface area contributed by atoms with Gasteiger partial charge in [-0.25, -0.2) is 8.42 Å². The summed E-state index contributed by atoms with van der Waals surface area (Å²) in [6, 6.07) is 25.2. The SMILES string of the molecule is Cc1ccc(S(=O)(=O)N2C=C(c3ccccc3)c3[nH]c4ccccc4c3CC2)cc1. The third-order valence-electron chi connectivity index (χ3n) is 5.65. The predicted octanol–water partition coefficient (Wildman–Crippen LogP) is 5.11. The molecule has 0 atom stereocenters. The van der Waals surface area contributed by atoms with Gasteiger partial charge in [-0.05, 0) is 42.7 Å². The average molecular weight is 415 g/mol. The summed E-state index contributed by atoms with van der Waals surface area (Å²) in [5.74, 6) is 0. The van der Waals surface area contributed by atoms with Crippen molar-refractivity contribution < 1.29 is 8.42 Å². The molecule has 2 heterocycles. The van der Waals surface area contributed by atoms with Crippen molar-refractivity contribution in [2.75, 3.05) is 6.54 Å².